The molecule has 1 saturated carbocycles. The molecule has 1 aliphatic carbocycles. The van der Waals surface area contributed by atoms with Gasteiger partial charge in [-0.1, -0.05) is 20.8 Å². The van der Waals surface area contributed by atoms with E-state index in [2.05, 4.69) is 36.2 Å². The fourth-order valence-electron chi connectivity index (χ4n) is 3.02. The van der Waals surface area contributed by atoms with Gasteiger partial charge in [0.25, 0.3) is 0 Å². The lowest BCUT2D eigenvalue weighted by Crippen LogP contribution is -2.45. The van der Waals surface area contributed by atoms with Gasteiger partial charge in [-0.25, -0.2) is 0 Å². The fraction of sp³-hybridized carbons (Fsp3) is 0.929. The second-order valence-corrected chi connectivity index (χ2v) is 7.01. The van der Waals surface area contributed by atoms with E-state index in [1.807, 2.05) is 0 Å². The fourth-order valence-corrected chi connectivity index (χ4v) is 3.02. The summed E-state index contributed by atoms with van der Waals surface area (Å²) in [6, 6.07) is 0. The van der Waals surface area contributed by atoms with Crippen LogP contribution in [-0.4, -0.2) is 32.4 Å². The number of nitrogens with zero attached hydrogens (tertiary/aromatic N) is 4. The van der Waals surface area contributed by atoms with Gasteiger partial charge in [0.1, 0.15) is 6.61 Å². The second-order valence-electron chi connectivity index (χ2n) is 7.01. The molecular weight excluding hydrogens is 254 g/mol. The normalized spacial score (nSPS) is 27.8. The predicted octanol–water partition coefficient (Wildman–Crippen LogP) is 1.66. The lowest BCUT2D eigenvalue weighted by Gasteiger charge is -2.43. The summed E-state index contributed by atoms with van der Waals surface area (Å²) < 4.78 is 6.08. The average molecular weight is 281 g/mol. The summed E-state index contributed by atoms with van der Waals surface area (Å²) in [4.78, 5) is 1.45. The van der Waals surface area contributed by atoms with E-state index in [0.29, 0.717) is 24.4 Å². The molecule has 0 amide bonds. The van der Waals surface area contributed by atoms with E-state index in [0.717, 1.165) is 18.8 Å². The Morgan fingerprint density at radius 3 is 2.45 bits per heavy atom. The van der Waals surface area contributed by atoms with Gasteiger partial charge in [0.2, 0.25) is 0 Å². The molecule has 1 heterocycles. The maximum atomic E-state index is 6.08. The predicted molar refractivity (Wildman–Crippen MR) is 76.8 cm³/mol. The highest BCUT2D eigenvalue weighted by Gasteiger charge is 2.38. The van der Waals surface area contributed by atoms with Gasteiger partial charge in [0, 0.05) is 6.54 Å². The average Bonchev–Trinajstić information content (AvgIpc) is 2.82. The Morgan fingerprint density at radius 1 is 1.35 bits per heavy atom. The largest absolute Gasteiger partial charge is 0.366 e. The standard InChI is InChI=1S/C14H27N5O/c1-13(2,3)11-5-7-14(10-15,8-6-11)20-9-12-16-18-19(4)17-12/h11H,5-10,15H2,1-4H3. The van der Waals surface area contributed by atoms with Crippen LogP contribution in [0.2, 0.25) is 0 Å². The van der Waals surface area contributed by atoms with E-state index >= 15 is 0 Å². The molecule has 0 atom stereocenters. The molecule has 0 radical (unpaired) electrons. The van der Waals surface area contributed by atoms with Crippen molar-refractivity contribution in [2.75, 3.05) is 6.54 Å². The van der Waals surface area contributed by atoms with Crippen LogP contribution in [-0.2, 0) is 18.4 Å². The zero-order chi connectivity index (χ0) is 14.8. The first-order chi connectivity index (χ1) is 9.35. The summed E-state index contributed by atoms with van der Waals surface area (Å²) in [6.45, 7) is 7.90. The molecule has 6 heteroatoms. The van der Waals surface area contributed by atoms with Crippen LogP contribution >= 0.6 is 0 Å². The molecule has 0 bridgehead atoms. The summed E-state index contributed by atoms with van der Waals surface area (Å²) in [5.41, 5.74) is 6.14. The van der Waals surface area contributed by atoms with Gasteiger partial charge in [-0.2, -0.15) is 4.80 Å². The first-order valence-corrected chi connectivity index (χ1v) is 7.41. The first-order valence-electron chi connectivity index (χ1n) is 7.41. The number of ether oxygens (including phenoxy) is 1. The Morgan fingerprint density at radius 2 is 2.00 bits per heavy atom. The van der Waals surface area contributed by atoms with Crippen molar-refractivity contribution < 1.29 is 4.74 Å². The molecule has 0 aromatic carbocycles. The number of aromatic nitrogens is 4. The summed E-state index contributed by atoms with van der Waals surface area (Å²) in [7, 11) is 1.75. The Bertz CT molecular complexity index is 429. The third kappa shape index (κ3) is 3.55. The summed E-state index contributed by atoms with van der Waals surface area (Å²) in [5, 5.41) is 11.9. The minimum absolute atomic E-state index is 0.207. The van der Waals surface area contributed by atoms with Gasteiger partial charge in [-0.3, -0.25) is 0 Å². The molecule has 1 fully saturated rings. The highest BCUT2D eigenvalue weighted by molar-refractivity contribution is 4.92. The van der Waals surface area contributed by atoms with Crippen LogP contribution in [0.4, 0.5) is 0 Å². The van der Waals surface area contributed by atoms with Crippen LogP contribution < -0.4 is 5.73 Å². The van der Waals surface area contributed by atoms with Crippen molar-refractivity contribution in [2.45, 2.75) is 58.7 Å². The van der Waals surface area contributed by atoms with E-state index in [1.165, 1.54) is 17.6 Å². The molecule has 2 rings (SSSR count). The zero-order valence-electron chi connectivity index (χ0n) is 13.1. The summed E-state index contributed by atoms with van der Waals surface area (Å²) >= 11 is 0. The Kier molecular flexibility index (Phi) is 4.44. The van der Waals surface area contributed by atoms with E-state index in [4.69, 9.17) is 10.5 Å². The molecule has 1 aromatic rings. The quantitative estimate of drug-likeness (QED) is 0.908. The van der Waals surface area contributed by atoms with Crippen LogP contribution in [0.15, 0.2) is 0 Å². The van der Waals surface area contributed by atoms with Crippen molar-refractivity contribution in [1.82, 2.24) is 20.2 Å². The molecule has 1 aliphatic rings. The lowest BCUT2D eigenvalue weighted by molar-refractivity contribution is -0.0908. The Labute approximate surface area is 121 Å². The molecule has 20 heavy (non-hydrogen) atoms. The van der Waals surface area contributed by atoms with Gasteiger partial charge in [0.15, 0.2) is 5.82 Å². The van der Waals surface area contributed by atoms with Gasteiger partial charge >= 0.3 is 0 Å². The highest BCUT2D eigenvalue weighted by Crippen LogP contribution is 2.42. The SMILES string of the molecule is Cn1nnc(COC2(CN)CCC(C(C)(C)C)CC2)n1. The van der Waals surface area contributed by atoms with Crippen LogP contribution in [0.5, 0.6) is 0 Å². The van der Waals surface area contributed by atoms with Gasteiger partial charge in [-0.15, -0.1) is 10.2 Å². The Balaban J connectivity index is 1.91. The molecular formula is C14H27N5O. The van der Waals surface area contributed by atoms with Gasteiger partial charge in [-0.05, 0) is 42.2 Å². The van der Waals surface area contributed by atoms with Crippen molar-refractivity contribution >= 4 is 0 Å². The second kappa shape index (κ2) is 5.77. The minimum atomic E-state index is -0.207. The van der Waals surface area contributed by atoms with E-state index < -0.39 is 0 Å². The van der Waals surface area contributed by atoms with Crippen molar-refractivity contribution in [2.24, 2.45) is 24.1 Å². The first kappa shape index (κ1) is 15.4. The van der Waals surface area contributed by atoms with E-state index in [-0.39, 0.29) is 5.60 Å². The van der Waals surface area contributed by atoms with Crippen molar-refractivity contribution in [3.63, 3.8) is 0 Å². The molecule has 1 aromatic heterocycles. The van der Waals surface area contributed by atoms with Crippen LogP contribution in [0.25, 0.3) is 0 Å². The van der Waals surface area contributed by atoms with Gasteiger partial charge in [0.05, 0.1) is 12.6 Å². The molecule has 0 unspecified atom stereocenters. The molecule has 0 spiro atoms. The number of hydrogen-bond donors (Lipinski definition) is 1. The van der Waals surface area contributed by atoms with Gasteiger partial charge < -0.3 is 10.5 Å². The van der Waals surface area contributed by atoms with Crippen LogP contribution in [0.3, 0.4) is 0 Å². The topological polar surface area (TPSA) is 78.8 Å². The van der Waals surface area contributed by atoms with E-state index in [1.54, 1.807) is 7.05 Å². The third-order valence-electron chi connectivity index (χ3n) is 4.55. The lowest BCUT2D eigenvalue weighted by atomic mass is 9.68. The molecule has 114 valence electrons. The number of hydrogen-bond acceptors (Lipinski definition) is 5. The maximum Gasteiger partial charge on any atom is 0.200 e. The minimum Gasteiger partial charge on any atom is -0.366 e. The maximum absolute atomic E-state index is 6.08. The zero-order valence-corrected chi connectivity index (χ0v) is 13.1. The summed E-state index contributed by atoms with van der Waals surface area (Å²) in [6.07, 6.45) is 4.39. The third-order valence-corrected chi connectivity index (χ3v) is 4.55. The molecule has 0 aliphatic heterocycles. The number of tetrazole rings is 1. The highest BCUT2D eigenvalue weighted by atomic mass is 16.5. The number of rotatable bonds is 4. The van der Waals surface area contributed by atoms with Crippen molar-refractivity contribution in [3.05, 3.63) is 5.82 Å². The van der Waals surface area contributed by atoms with Crippen molar-refractivity contribution in [1.29, 1.82) is 0 Å². The summed E-state index contributed by atoms with van der Waals surface area (Å²) in [5.74, 6) is 1.37. The number of nitrogens with two attached hydrogens (primary N) is 1. The molecule has 2 N–H and O–H groups in total. The Hall–Kier alpha value is -1.01. The molecule has 6 nitrogen and oxygen atoms in total. The van der Waals surface area contributed by atoms with Crippen LogP contribution in [0.1, 0.15) is 52.3 Å². The number of aryl methyl sites for hydroxylation is 1. The molecule has 0 saturated heterocycles. The van der Waals surface area contributed by atoms with E-state index in [9.17, 15) is 0 Å². The smallest absolute Gasteiger partial charge is 0.200 e. The van der Waals surface area contributed by atoms with Crippen LogP contribution in [0, 0.1) is 11.3 Å². The van der Waals surface area contributed by atoms with Crippen molar-refractivity contribution in [3.8, 4) is 0 Å². The monoisotopic (exact) mass is 281 g/mol.